The van der Waals surface area contributed by atoms with Crippen molar-refractivity contribution in [3.05, 3.63) is 0 Å². The Bertz CT molecular complexity index is 74.1. The fraction of sp³-hybridized carbons (Fsp3) is 1.00. The molecule has 1 aliphatic rings. The van der Waals surface area contributed by atoms with Gasteiger partial charge in [0.05, 0.1) is 6.42 Å². The Hall–Kier alpha value is -0.200. The average molecular weight is 122 g/mol. The number of rotatable bonds is 1. The average Bonchev–Trinajstić information content (AvgIpc) is 2.14. The molecule has 0 spiro atoms. The van der Waals surface area contributed by atoms with Gasteiger partial charge in [-0.1, -0.05) is 0 Å². The van der Waals surface area contributed by atoms with Crippen LogP contribution in [0.25, 0.3) is 0 Å². The van der Waals surface area contributed by atoms with Crippen LogP contribution in [0.3, 0.4) is 0 Å². The molecule has 1 fully saturated rings. The van der Waals surface area contributed by atoms with Crippen molar-refractivity contribution in [2.45, 2.75) is 19.0 Å². The van der Waals surface area contributed by atoms with Crippen LogP contribution in [0.5, 0.6) is 0 Å². The molecule has 0 saturated carbocycles. The lowest BCUT2D eigenvalue weighted by molar-refractivity contribution is -0.425. The van der Waals surface area contributed by atoms with Crippen molar-refractivity contribution in [3.63, 3.8) is 0 Å². The monoisotopic (exact) mass is 122 g/mol. The van der Waals surface area contributed by atoms with Gasteiger partial charge in [0.1, 0.15) is 0 Å². The third-order valence-electron chi connectivity index (χ3n) is 0.786. The van der Waals surface area contributed by atoms with Gasteiger partial charge in [-0.15, -0.1) is 0 Å². The standard InChI is InChI=1S/C3H6O5/c4-2-1-3(6-5)8-7-2/h2-5H,1H2. The zero-order valence-corrected chi connectivity index (χ0v) is 3.98. The van der Waals surface area contributed by atoms with Crippen molar-refractivity contribution < 1.29 is 25.0 Å². The van der Waals surface area contributed by atoms with Crippen molar-refractivity contribution in [2.24, 2.45) is 0 Å². The number of aliphatic hydroxyl groups excluding tert-OH is 1. The molecule has 0 radical (unpaired) electrons. The molecule has 8 heavy (non-hydrogen) atoms. The van der Waals surface area contributed by atoms with E-state index in [4.69, 9.17) is 10.4 Å². The van der Waals surface area contributed by atoms with Gasteiger partial charge in [-0.2, -0.15) is 4.89 Å². The van der Waals surface area contributed by atoms with E-state index in [2.05, 4.69) is 14.7 Å². The van der Waals surface area contributed by atoms with Gasteiger partial charge in [-0.3, -0.25) is 0 Å². The minimum atomic E-state index is -0.979. The molecule has 0 bridgehead atoms. The first-order chi connectivity index (χ1) is 3.83. The fourth-order valence-corrected chi connectivity index (χ4v) is 0.430. The van der Waals surface area contributed by atoms with Crippen molar-refractivity contribution in [2.75, 3.05) is 0 Å². The van der Waals surface area contributed by atoms with Gasteiger partial charge in [0.25, 0.3) is 0 Å². The molecule has 0 aromatic carbocycles. The molecule has 2 unspecified atom stereocenters. The predicted molar refractivity (Wildman–Crippen MR) is 20.3 cm³/mol. The molecule has 48 valence electrons. The smallest absolute Gasteiger partial charge is 0.229 e. The van der Waals surface area contributed by atoms with Crippen LogP contribution < -0.4 is 0 Å². The lowest BCUT2D eigenvalue weighted by atomic mass is 10.4. The SMILES string of the molecule is OOC1CC(O)OO1. The Labute approximate surface area is 45.3 Å². The Morgan fingerprint density at radius 1 is 1.50 bits per heavy atom. The first kappa shape index (κ1) is 5.93. The lowest BCUT2D eigenvalue weighted by Crippen LogP contribution is -2.08. The summed E-state index contributed by atoms with van der Waals surface area (Å²) in [7, 11) is 0. The summed E-state index contributed by atoms with van der Waals surface area (Å²) in [4.78, 5) is 12.0. The maximum Gasteiger partial charge on any atom is 0.229 e. The van der Waals surface area contributed by atoms with Crippen LogP contribution >= 0.6 is 0 Å². The van der Waals surface area contributed by atoms with E-state index in [0.717, 1.165) is 0 Å². The Kier molecular flexibility index (Phi) is 1.77. The highest BCUT2D eigenvalue weighted by Gasteiger charge is 2.25. The van der Waals surface area contributed by atoms with Crippen LogP contribution in [0.1, 0.15) is 6.42 Å². The van der Waals surface area contributed by atoms with Gasteiger partial charge < -0.3 is 5.11 Å². The molecule has 1 heterocycles. The third kappa shape index (κ3) is 1.15. The second kappa shape index (κ2) is 2.38. The Morgan fingerprint density at radius 2 is 2.25 bits per heavy atom. The van der Waals surface area contributed by atoms with Crippen molar-refractivity contribution in [1.29, 1.82) is 0 Å². The molecule has 5 heteroatoms. The van der Waals surface area contributed by atoms with E-state index in [9.17, 15) is 0 Å². The largest absolute Gasteiger partial charge is 0.365 e. The molecule has 1 aliphatic heterocycles. The third-order valence-corrected chi connectivity index (χ3v) is 0.786. The van der Waals surface area contributed by atoms with Crippen molar-refractivity contribution in [1.82, 2.24) is 0 Å². The van der Waals surface area contributed by atoms with Crippen molar-refractivity contribution in [3.8, 4) is 0 Å². The van der Waals surface area contributed by atoms with Crippen molar-refractivity contribution >= 4 is 0 Å². The molecular formula is C3H6O5. The molecule has 0 amide bonds. The van der Waals surface area contributed by atoms with E-state index < -0.39 is 12.6 Å². The van der Waals surface area contributed by atoms with Crippen LogP contribution in [0.15, 0.2) is 0 Å². The van der Waals surface area contributed by atoms with E-state index in [-0.39, 0.29) is 6.42 Å². The summed E-state index contributed by atoms with van der Waals surface area (Å²) in [6.45, 7) is 0. The van der Waals surface area contributed by atoms with E-state index in [1.807, 2.05) is 0 Å². The van der Waals surface area contributed by atoms with Crippen LogP contribution in [0.4, 0.5) is 0 Å². The summed E-state index contributed by atoms with van der Waals surface area (Å²) >= 11 is 0. The molecule has 2 N–H and O–H groups in total. The Morgan fingerprint density at radius 3 is 2.50 bits per heavy atom. The zero-order valence-electron chi connectivity index (χ0n) is 3.98. The van der Waals surface area contributed by atoms with Crippen LogP contribution in [-0.2, 0) is 14.7 Å². The molecule has 0 aliphatic carbocycles. The highest BCUT2D eigenvalue weighted by atomic mass is 17.3. The Balaban J connectivity index is 2.22. The summed E-state index contributed by atoms with van der Waals surface area (Å²) in [5.74, 6) is 0. The maximum absolute atomic E-state index is 8.49. The molecule has 2 atom stereocenters. The van der Waals surface area contributed by atoms with Gasteiger partial charge in [0.15, 0.2) is 6.29 Å². The molecule has 0 aromatic rings. The van der Waals surface area contributed by atoms with E-state index in [1.54, 1.807) is 0 Å². The molecular weight excluding hydrogens is 116 g/mol. The van der Waals surface area contributed by atoms with Crippen LogP contribution in [-0.4, -0.2) is 22.9 Å². The van der Waals surface area contributed by atoms with E-state index >= 15 is 0 Å². The van der Waals surface area contributed by atoms with Crippen LogP contribution in [0.2, 0.25) is 0 Å². The topological polar surface area (TPSA) is 68.2 Å². The van der Waals surface area contributed by atoms with Gasteiger partial charge >= 0.3 is 0 Å². The molecule has 1 rings (SSSR count). The summed E-state index contributed by atoms with van der Waals surface area (Å²) in [6.07, 6.45) is -1.69. The first-order valence-corrected chi connectivity index (χ1v) is 2.13. The van der Waals surface area contributed by atoms with Gasteiger partial charge in [0.2, 0.25) is 6.29 Å². The minimum absolute atomic E-state index is 0.135. The highest BCUT2D eigenvalue weighted by molar-refractivity contribution is 4.47. The summed E-state index contributed by atoms with van der Waals surface area (Å²) in [5, 5.41) is 16.4. The number of aliphatic hydroxyl groups is 1. The van der Waals surface area contributed by atoms with Gasteiger partial charge in [-0.05, 0) is 0 Å². The zero-order chi connectivity index (χ0) is 5.98. The second-order valence-electron chi connectivity index (χ2n) is 1.42. The molecule has 5 nitrogen and oxygen atoms in total. The lowest BCUT2D eigenvalue weighted by Gasteiger charge is -1.96. The van der Waals surface area contributed by atoms with Crippen LogP contribution in [0, 0.1) is 0 Å². The highest BCUT2D eigenvalue weighted by Crippen LogP contribution is 2.13. The second-order valence-corrected chi connectivity index (χ2v) is 1.42. The quantitative estimate of drug-likeness (QED) is 0.361. The molecule has 0 aromatic heterocycles. The maximum atomic E-state index is 8.49. The normalized spacial score (nSPS) is 38.2. The van der Waals surface area contributed by atoms with E-state index in [0.29, 0.717) is 0 Å². The van der Waals surface area contributed by atoms with Gasteiger partial charge in [0, 0.05) is 0 Å². The van der Waals surface area contributed by atoms with E-state index in [1.165, 1.54) is 0 Å². The first-order valence-electron chi connectivity index (χ1n) is 2.13. The fourth-order valence-electron chi connectivity index (χ4n) is 0.430. The minimum Gasteiger partial charge on any atom is -0.365 e. The summed E-state index contributed by atoms with van der Waals surface area (Å²) in [5.41, 5.74) is 0. The summed E-state index contributed by atoms with van der Waals surface area (Å²) in [6, 6.07) is 0. The van der Waals surface area contributed by atoms with Gasteiger partial charge in [-0.25, -0.2) is 15.0 Å². The molecule has 1 saturated heterocycles. The summed E-state index contributed by atoms with van der Waals surface area (Å²) < 4.78 is 0. The number of hydrogen-bond acceptors (Lipinski definition) is 5. The predicted octanol–water partition coefficient (Wildman–Crippen LogP) is -0.528. The number of hydrogen-bond donors (Lipinski definition) is 2.